The molecule has 0 amide bonds. The predicted octanol–water partition coefficient (Wildman–Crippen LogP) is 4.73. The van der Waals surface area contributed by atoms with Gasteiger partial charge in [0.15, 0.2) is 5.58 Å². The van der Waals surface area contributed by atoms with Crippen LogP contribution in [0.25, 0.3) is 11.0 Å². The zero-order chi connectivity index (χ0) is 19.4. The quantitative estimate of drug-likeness (QED) is 0.688. The van der Waals surface area contributed by atoms with E-state index in [1.807, 2.05) is 40.7 Å². The second-order valence-corrected chi connectivity index (χ2v) is 7.18. The highest BCUT2D eigenvalue weighted by molar-refractivity contribution is 5.91. The number of nitrogens with two attached hydrogens (primary N) is 1. The van der Waals surface area contributed by atoms with Crippen molar-refractivity contribution < 1.29 is 13.9 Å². The molecule has 26 heavy (non-hydrogen) atoms. The molecule has 0 fully saturated rings. The van der Waals surface area contributed by atoms with Gasteiger partial charge in [-0.2, -0.15) is 0 Å². The monoisotopic (exact) mass is 361 g/mol. The first kappa shape index (κ1) is 20.3. The molecule has 0 radical (unpaired) electrons. The van der Waals surface area contributed by atoms with Crippen molar-refractivity contribution in [3.05, 3.63) is 33.7 Å². The maximum Gasteiger partial charge on any atom is 0.336 e. The standard InChI is InChI=1S/C21H31NO4/c1-7-9-14-10-18(23)26-21-19(14)16(24-12(3)4)11-17(25-13(5)6)20(21)15(22)8-2/h10-13,15H,7-9,22H2,1-6H3. The van der Waals surface area contributed by atoms with Crippen LogP contribution in [0.3, 0.4) is 0 Å². The van der Waals surface area contributed by atoms with Gasteiger partial charge in [-0.05, 0) is 46.1 Å². The maximum atomic E-state index is 12.2. The van der Waals surface area contributed by atoms with Gasteiger partial charge in [-0.3, -0.25) is 0 Å². The van der Waals surface area contributed by atoms with Gasteiger partial charge in [0.25, 0.3) is 0 Å². The minimum Gasteiger partial charge on any atom is -0.490 e. The molecule has 144 valence electrons. The Morgan fingerprint density at radius 1 is 1.04 bits per heavy atom. The number of fused-ring (bicyclic) bond motifs is 1. The van der Waals surface area contributed by atoms with E-state index in [9.17, 15) is 4.79 Å². The predicted molar refractivity (Wildman–Crippen MR) is 105 cm³/mol. The first-order chi connectivity index (χ1) is 12.3. The summed E-state index contributed by atoms with van der Waals surface area (Å²) in [7, 11) is 0. The lowest BCUT2D eigenvalue weighted by Crippen LogP contribution is -2.17. The van der Waals surface area contributed by atoms with Gasteiger partial charge in [-0.15, -0.1) is 0 Å². The third kappa shape index (κ3) is 4.39. The van der Waals surface area contributed by atoms with Crippen molar-refractivity contribution >= 4 is 11.0 Å². The van der Waals surface area contributed by atoms with Gasteiger partial charge in [-0.25, -0.2) is 4.79 Å². The van der Waals surface area contributed by atoms with Crippen molar-refractivity contribution in [3.8, 4) is 11.5 Å². The van der Waals surface area contributed by atoms with Gasteiger partial charge in [-0.1, -0.05) is 20.3 Å². The molecule has 2 N–H and O–H groups in total. The second kappa shape index (κ2) is 8.58. The van der Waals surface area contributed by atoms with Crippen LogP contribution in [0.2, 0.25) is 0 Å². The van der Waals surface area contributed by atoms with Crippen LogP contribution in [0.5, 0.6) is 11.5 Å². The van der Waals surface area contributed by atoms with Crippen LogP contribution in [0.15, 0.2) is 21.3 Å². The van der Waals surface area contributed by atoms with Crippen molar-refractivity contribution in [2.24, 2.45) is 5.73 Å². The van der Waals surface area contributed by atoms with Gasteiger partial charge in [0.1, 0.15) is 11.5 Å². The summed E-state index contributed by atoms with van der Waals surface area (Å²) < 4.78 is 17.7. The highest BCUT2D eigenvalue weighted by Crippen LogP contribution is 2.41. The molecule has 5 heteroatoms. The summed E-state index contributed by atoms with van der Waals surface area (Å²) in [6.07, 6.45) is 2.33. The molecule has 1 aromatic carbocycles. The van der Waals surface area contributed by atoms with Gasteiger partial charge in [0.2, 0.25) is 0 Å². The van der Waals surface area contributed by atoms with Crippen molar-refractivity contribution in [1.82, 2.24) is 0 Å². The molecule has 1 heterocycles. The van der Waals surface area contributed by atoms with Gasteiger partial charge in [0, 0.05) is 18.2 Å². The highest BCUT2D eigenvalue weighted by atomic mass is 16.5. The normalized spacial score (nSPS) is 12.8. The summed E-state index contributed by atoms with van der Waals surface area (Å²) in [6, 6.07) is 3.16. The molecule has 0 spiro atoms. The van der Waals surface area contributed by atoms with Crippen molar-refractivity contribution in [3.63, 3.8) is 0 Å². The Labute approximate surface area is 155 Å². The summed E-state index contributed by atoms with van der Waals surface area (Å²) >= 11 is 0. The molecule has 1 atom stereocenters. The number of ether oxygens (including phenoxy) is 2. The average Bonchev–Trinajstić information content (AvgIpc) is 2.52. The molecule has 0 bridgehead atoms. The Bertz CT molecular complexity index is 808. The third-order valence-corrected chi connectivity index (χ3v) is 4.12. The van der Waals surface area contributed by atoms with Crippen LogP contribution in [0.4, 0.5) is 0 Å². The molecular weight excluding hydrogens is 330 g/mol. The lowest BCUT2D eigenvalue weighted by Gasteiger charge is -2.23. The largest absolute Gasteiger partial charge is 0.490 e. The van der Waals surface area contributed by atoms with Gasteiger partial charge >= 0.3 is 5.63 Å². The molecule has 0 aliphatic rings. The Balaban J connectivity index is 2.93. The average molecular weight is 361 g/mol. The summed E-state index contributed by atoms with van der Waals surface area (Å²) in [4.78, 5) is 12.2. The van der Waals surface area contributed by atoms with E-state index in [-0.39, 0.29) is 23.9 Å². The smallest absolute Gasteiger partial charge is 0.336 e. The van der Waals surface area contributed by atoms with Crippen LogP contribution >= 0.6 is 0 Å². The van der Waals surface area contributed by atoms with E-state index in [2.05, 4.69) is 6.92 Å². The van der Waals surface area contributed by atoms with E-state index >= 15 is 0 Å². The van der Waals surface area contributed by atoms with Crippen molar-refractivity contribution in [1.29, 1.82) is 0 Å². The van der Waals surface area contributed by atoms with E-state index in [4.69, 9.17) is 19.6 Å². The summed E-state index contributed by atoms with van der Waals surface area (Å²) in [5, 5.41) is 0.829. The maximum absolute atomic E-state index is 12.2. The van der Waals surface area contributed by atoms with Gasteiger partial charge in [0.05, 0.1) is 23.2 Å². The van der Waals surface area contributed by atoms with E-state index in [1.165, 1.54) is 0 Å². The molecule has 5 nitrogen and oxygen atoms in total. The fourth-order valence-electron chi connectivity index (χ4n) is 3.10. The second-order valence-electron chi connectivity index (χ2n) is 7.18. The van der Waals surface area contributed by atoms with E-state index in [0.29, 0.717) is 23.5 Å². The molecule has 0 saturated carbocycles. The molecule has 1 aromatic heterocycles. The number of rotatable bonds is 8. The Morgan fingerprint density at radius 2 is 1.65 bits per heavy atom. The first-order valence-electron chi connectivity index (χ1n) is 9.50. The molecule has 1 unspecified atom stereocenters. The number of hydrogen-bond donors (Lipinski definition) is 1. The molecule has 2 rings (SSSR count). The number of benzene rings is 1. The minimum atomic E-state index is -0.373. The fourth-order valence-corrected chi connectivity index (χ4v) is 3.10. The summed E-state index contributed by atoms with van der Waals surface area (Å²) in [5.41, 5.74) is 8.16. The molecule has 0 aliphatic carbocycles. The lowest BCUT2D eigenvalue weighted by molar-refractivity contribution is 0.228. The van der Waals surface area contributed by atoms with E-state index in [0.717, 1.165) is 29.4 Å². The van der Waals surface area contributed by atoms with Crippen LogP contribution < -0.4 is 20.8 Å². The minimum absolute atomic E-state index is 0.0165. The number of aryl methyl sites for hydroxylation is 1. The zero-order valence-corrected chi connectivity index (χ0v) is 16.7. The highest BCUT2D eigenvalue weighted by Gasteiger charge is 2.24. The SMILES string of the molecule is CCCc1cc(=O)oc2c(C(N)CC)c(OC(C)C)cc(OC(C)C)c12. The van der Waals surface area contributed by atoms with Crippen LogP contribution in [0, 0.1) is 0 Å². The molecule has 0 saturated heterocycles. The summed E-state index contributed by atoms with van der Waals surface area (Å²) in [5.74, 6) is 1.29. The lowest BCUT2D eigenvalue weighted by atomic mass is 9.96. The molecule has 0 aliphatic heterocycles. The third-order valence-electron chi connectivity index (χ3n) is 4.12. The van der Waals surface area contributed by atoms with Crippen molar-refractivity contribution in [2.45, 2.75) is 79.1 Å². The van der Waals surface area contributed by atoms with Crippen LogP contribution in [-0.4, -0.2) is 12.2 Å². The zero-order valence-electron chi connectivity index (χ0n) is 16.7. The number of hydrogen-bond acceptors (Lipinski definition) is 5. The fraction of sp³-hybridized carbons (Fsp3) is 0.571. The molecular formula is C21H31NO4. The van der Waals surface area contributed by atoms with E-state index in [1.54, 1.807) is 6.07 Å². The van der Waals surface area contributed by atoms with Crippen LogP contribution in [0.1, 0.15) is 71.6 Å². The summed E-state index contributed by atoms with van der Waals surface area (Å²) in [6.45, 7) is 11.9. The van der Waals surface area contributed by atoms with E-state index < -0.39 is 0 Å². The topological polar surface area (TPSA) is 74.7 Å². The Morgan fingerprint density at radius 3 is 2.19 bits per heavy atom. The van der Waals surface area contributed by atoms with Gasteiger partial charge < -0.3 is 19.6 Å². The Hall–Kier alpha value is -2.01. The Kier molecular flexibility index (Phi) is 6.70. The first-order valence-corrected chi connectivity index (χ1v) is 9.50. The van der Waals surface area contributed by atoms with Crippen LogP contribution in [-0.2, 0) is 6.42 Å². The molecule has 2 aromatic rings. The van der Waals surface area contributed by atoms with Crippen molar-refractivity contribution in [2.75, 3.05) is 0 Å².